The van der Waals surface area contributed by atoms with Crippen LogP contribution in [0.1, 0.15) is 38.2 Å². The fourth-order valence-corrected chi connectivity index (χ4v) is 3.02. The largest absolute Gasteiger partial charge is 0.345 e. The zero-order valence-electron chi connectivity index (χ0n) is 12.4. The average Bonchev–Trinajstić information content (AvgIpc) is 2.41. The molecular weight excluding hydrogens is 272 g/mol. The molecule has 1 aromatic carbocycles. The number of benzene rings is 1. The molecule has 1 unspecified atom stereocenters. The second-order valence-corrected chi connectivity index (χ2v) is 6.03. The van der Waals surface area contributed by atoms with E-state index in [1.165, 1.54) is 5.56 Å². The SMILES string of the molecule is CCN(C)C(=O)C(C)NC1CC(c2ccccc2Cl)C1. The van der Waals surface area contributed by atoms with Crippen molar-refractivity contribution in [1.29, 1.82) is 0 Å². The second kappa shape index (κ2) is 6.59. The molecule has 4 heteroatoms. The zero-order valence-corrected chi connectivity index (χ0v) is 13.2. The smallest absolute Gasteiger partial charge is 0.239 e. The highest BCUT2D eigenvalue weighted by Gasteiger charge is 2.33. The Morgan fingerprint density at radius 3 is 2.70 bits per heavy atom. The predicted molar refractivity (Wildman–Crippen MR) is 83.1 cm³/mol. The Kier molecular flexibility index (Phi) is 5.06. The maximum atomic E-state index is 12.0. The van der Waals surface area contributed by atoms with E-state index in [0.717, 1.165) is 24.4 Å². The molecule has 0 heterocycles. The van der Waals surface area contributed by atoms with E-state index in [9.17, 15) is 4.79 Å². The fraction of sp³-hybridized carbons (Fsp3) is 0.562. The summed E-state index contributed by atoms with van der Waals surface area (Å²) >= 11 is 6.21. The van der Waals surface area contributed by atoms with Crippen LogP contribution in [0.15, 0.2) is 24.3 Å². The van der Waals surface area contributed by atoms with E-state index in [4.69, 9.17) is 11.6 Å². The summed E-state index contributed by atoms with van der Waals surface area (Å²) in [5.41, 5.74) is 1.23. The summed E-state index contributed by atoms with van der Waals surface area (Å²) in [6.45, 7) is 4.68. The van der Waals surface area contributed by atoms with Crippen LogP contribution in [0.2, 0.25) is 5.02 Å². The van der Waals surface area contributed by atoms with Crippen LogP contribution in [-0.4, -0.2) is 36.5 Å². The molecule has 0 aliphatic heterocycles. The van der Waals surface area contributed by atoms with Gasteiger partial charge in [-0.05, 0) is 44.2 Å². The van der Waals surface area contributed by atoms with E-state index in [1.807, 2.05) is 39.1 Å². The number of rotatable bonds is 5. The number of nitrogens with zero attached hydrogens (tertiary/aromatic N) is 1. The fourth-order valence-electron chi connectivity index (χ4n) is 2.73. The number of likely N-dealkylation sites (N-methyl/N-ethyl adjacent to an activating group) is 1. The molecular formula is C16H23ClN2O. The molecule has 1 saturated carbocycles. The van der Waals surface area contributed by atoms with Crippen LogP contribution >= 0.6 is 11.6 Å². The summed E-state index contributed by atoms with van der Waals surface area (Å²) in [4.78, 5) is 13.7. The number of hydrogen-bond donors (Lipinski definition) is 1. The number of halogens is 1. The molecule has 1 fully saturated rings. The van der Waals surface area contributed by atoms with Crippen molar-refractivity contribution in [1.82, 2.24) is 10.2 Å². The van der Waals surface area contributed by atoms with Crippen LogP contribution in [0.3, 0.4) is 0 Å². The van der Waals surface area contributed by atoms with Gasteiger partial charge in [0, 0.05) is 24.7 Å². The van der Waals surface area contributed by atoms with Gasteiger partial charge >= 0.3 is 0 Å². The maximum absolute atomic E-state index is 12.0. The molecule has 0 spiro atoms. The molecule has 0 bridgehead atoms. The van der Waals surface area contributed by atoms with E-state index in [2.05, 4.69) is 11.4 Å². The van der Waals surface area contributed by atoms with E-state index in [1.54, 1.807) is 4.90 Å². The van der Waals surface area contributed by atoms with Gasteiger partial charge < -0.3 is 10.2 Å². The van der Waals surface area contributed by atoms with Gasteiger partial charge in [-0.15, -0.1) is 0 Å². The lowest BCUT2D eigenvalue weighted by atomic mass is 9.75. The van der Waals surface area contributed by atoms with Gasteiger partial charge in [0.2, 0.25) is 5.91 Å². The second-order valence-electron chi connectivity index (χ2n) is 5.63. The molecule has 1 N–H and O–H groups in total. The van der Waals surface area contributed by atoms with Gasteiger partial charge in [-0.1, -0.05) is 29.8 Å². The summed E-state index contributed by atoms with van der Waals surface area (Å²) in [5, 5.41) is 4.27. The highest BCUT2D eigenvalue weighted by molar-refractivity contribution is 6.31. The molecule has 2 rings (SSSR count). The summed E-state index contributed by atoms with van der Waals surface area (Å²) in [6.07, 6.45) is 2.11. The van der Waals surface area contributed by atoms with Crippen molar-refractivity contribution in [3.8, 4) is 0 Å². The number of carbonyl (C=O) groups is 1. The number of nitrogens with one attached hydrogen (secondary N) is 1. The van der Waals surface area contributed by atoms with Crippen molar-refractivity contribution < 1.29 is 4.79 Å². The van der Waals surface area contributed by atoms with Crippen LogP contribution in [0, 0.1) is 0 Å². The molecule has 0 saturated heterocycles. The number of amides is 1. The molecule has 1 aliphatic rings. The number of carbonyl (C=O) groups excluding carboxylic acids is 1. The van der Waals surface area contributed by atoms with E-state index >= 15 is 0 Å². The Hall–Kier alpha value is -1.06. The lowest BCUT2D eigenvalue weighted by Gasteiger charge is -2.38. The summed E-state index contributed by atoms with van der Waals surface area (Å²) in [6, 6.07) is 8.34. The Morgan fingerprint density at radius 1 is 1.45 bits per heavy atom. The average molecular weight is 295 g/mol. The third-order valence-electron chi connectivity index (χ3n) is 4.19. The summed E-state index contributed by atoms with van der Waals surface area (Å²) in [5.74, 6) is 0.682. The summed E-state index contributed by atoms with van der Waals surface area (Å²) in [7, 11) is 1.84. The third-order valence-corrected chi connectivity index (χ3v) is 4.53. The van der Waals surface area contributed by atoms with Crippen molar-refractivity contribution in [3.05, 3.63) is 34.9 Å². The first-order chi connectivity index (χ1) is 9.52. The monoisotopic (exact) mass is 294 g/mol. The van der Waals surface area contributed by atoms with Gasteiger partial charge in [0.1, 0.15) is 0 Å². The van der Waals surface area contributed by atoms with Gasteiger partial charge in [0.05, 0.1) is 6.04 Å². The van der Waals surface area contributed by atoms with Crippen LogP contribution in [0.4, 0.5) is 0 Å². The number of hydrogen-bond acceptors (Lipinski definition) is 2. The molecule has 0 aromatic heterocycles. The van der Waals surface area contributed by atoms with Crippen molar-refractivity contribution in [2.75, 3.05) is 13.6 Å². The molecule has 1 aliphatic carbocycles. The summed E-state index contributed by atoms with van der Waals surface area (Å²) < 4.78 is 0. The Labute approximate surface area is 126 Å². The highest BCUT2D eigenvalue weighted by Crippen LogP contribution is 2.40. The Morgan fingerprint density at radius 2 is 2.10 bits per heavy atom. The van der Waals surface area contributed by atoms with Gasteiger partial charge in [-0.25, -0.2) is 0 Å². The van der Waals surface area contributed by atoms with Crippen LogP contribution in [0.5, 0.6) is 0 Å². The topological polar surface area (TPSA) is 32.3 Å². The quantitative estimate of drug-likeness (QED) is 0.905. The van der Waals surface area contributed by atoms with Gasteiger partial charge in [0.25, 0.3) is 0 Å². The molecule has 1 aromatic rings. The lowest BCUT2D eigenvalue weighted by Crippen LogP contribution is -2.50. The normalized spacial score (nSPS) is 23.0. The van der Waals surface area contributed by atoms with Crippen LogP contribution in [0.25, 0.3) is 0 Å². The minimum Gasteiger partial charge on any atom is -0.345 e. The van der Waals surface area contributed by atoms with Crippen molar-refractivity contribution in [2.45, 2.75) is 44.7 Å². The molecule has 110 valence electrons. The Bertz CT molecular complexity index is 471. The van der Waals surface area contributed by atoms with Crippen molar-refractivity contribution in [2.24, 2.45) is 0 Å². The molecule has 1 amide bonds. The first kappa shape index (κ1) is 15.3. The molecule has 20 heavy (non-hydrogen) atoms. The zero-order chi connectivity index (χ0) is 14.7. The Balaban J connectivity index is 1.82. The molecule has 1 atom stereocenters. The third kappa shape index (κ3) is 3.33. The molecule has 0 radical (unpaired) electrons. The minimum absolute atomic E-state index is 0.114. The van der Waals surface area contributed by atoms with E-state index in [-0.39, 0.29) is 11.9 Å². The van der Waals surface area contributed by atoms with E-state index < -0.39 is 0 Å². The van der Waals surface area contributed by atoms with Crippen molar-refractivity contribution in [3.63, 3.8) is 0 Å². The van der Waals surface area contributed by atoms with Gasteiger partial charge in [0.15, 0.2) is 0 Å². The van der Waals surface area contributed by atoms with Gasteiger partial charge in [-0.2, -0.15) is 0 Å². The van der Waals surface area contributed by atoms with Crippen LogP contribution in [-0.2, 0) is 4.79 Å². The van der Waals surface area contributed by atoms with Crippen molar-refractivity contribution >= 4 is 17.5 Å². The highest BCUT2D eigenvalue weighted by atomic mass is 35.5. The molecule has 3 nitrogen and oxygen atoms in total. The first-order valence-electron chi connectivity index (χ1n) is 7.28. The van der Waals surface area contributed by atoms with E-state index in [0.29, 0.717) is 12.0 Å². The van der Waals surface area contributed by atoms with Gasteiger partial charge in [-0.3, -0.25) is 4.79 Å². The first-order valence-corrected chi connectivity index (χ1v) is 7.66. The van der Waals surface area contributed by atoms with Crippen LogP contribution < -0.4 is 5.32 Å². The predicted octanol–water partition coefficient (Wildman–Crippen LogP) is 3.04. The lowest BCUT2D eigenvalue weighted by molar-refractivity contribution is -0.131. The standard InChI is InChI=1S/C16H23ClN2O/c1-4-19(3)16(20)11(2)18-13-9-12(10-13)14-7-5-6-8-15(14)17/h5-8,11-13,18H,4,9-10H2,1-3H3. The maximum Gasteiger partial charge on any atom is 0.239 e. The minimum atomic E-state index is -0.114.